The molecule has 0 unspecified atom stereocenters. The van der Waals surface area contributed by atoms with E-state index in [1.807, 2.05) is 0 Å². The maximum Gasteiger partial charge on any atom is 0.340 e. The van der Waals surface area contributed by atoms with Gasteiger partial charge < -0.3 is 4.57 Å². The van der Waals surface area contributed by atoms with Crippen LogP contribution in [-0.4, -0.2) is 18.8 Å². The summed E-state index contributed by atoms with van der Waals surface area (Å²) in [5.41, 5.74) is 0. The molecule has 0 bridgehead atoms. The largest absolute Gasteiger partial charge is 0.360 e. The molecular weight excluding hydrogens is 207 g/mol. The summed E-state index contributed by atoms with van der Waals surface area (Å²) in [5, 5.41) is 0. The van der Waals surface area contributed by atoms with Crippen molar-refractivity contribution in [3.8, 4) is 0 Å². The van der Waals surface area contributed by atoms with E-state index >= 15 is 0 Å². The lowest BCUT2D eigenvalue weighted by molar-refractivity contribution is 0.820. The molecule has 6 heteroatoms. The molecule has 0 fully saturated rings. The van der Waals surface area contributed by atoms with Crippen LogP contribution in [0.2, 0.25) is 0 Å². The zero-order valence-electron chi connectivity index (χ0n) is 5.30. The van der Waals surface area contributed by atoms with E-state index in [9.17, 15) is 0 Å². The van der Waals surface area contributed by atoms with Crippen LogP contribution < -0.4 is 0 Å². The van der Waals surface area contributed by atoms with Gasteiger partial charge in [0.05, 0.1) is 0 Å². The standard InChI is InChI=1S/C4H7BCl3NSi/c1-2-9(10(7)8)4-3-5-6/h2-5,10H,1H2. The lowest BCUT2D eigenvalue weighted by Crippen LogP contribution is -2.18. The van der Waals surface area contributed by atoms with Crippen molar-refractivity contribution < 1.29 is 0 Å². The fourth-order valence-electron chi connectivity index (χ4n) is 0.367. The summed E-state index contributed by atoms with van der Waals surface area (Å²) >= 11 is 16.7. The highest BCUT2D eigenvalue weighted by atomic mass is 35.7. The second-order valence-electron chi connectivity index (χ2n) is 1.45. The molecule has 0 amide bonds. The highest BCUT2D eigenvalue weighted by Gasteiger charge is 2.05. The van der Waals surface area contributed by atoms with Gasteiger partial charge in [-0.3, -0.25) is 0 Å². The van der Waals surface area contributed by atoms with Crippen molar-refractivity contribution in [1.82, 2.24) is 4.57 Å². The van der Waals surface area contributed by atoms with Crippen LogP contribution in [0.15, 0.2) is 25.0 Å². The van der Waals surface area contributed by atoms with E-state index in [4.69, 9.17) is 33.6 Å². The molecular formula is C4H7BCl3NSi. The fourth-order valence-corrected chi connectivity index (χ4v) is 1.73. The summed E-state index contributed by atoms with van der Waals surface area (Å²) in [6.45, 7) is 3.99. The third kappa shape index (κ3) is 4.28. The van der Waals surface area contributed by atoms with Gasteiger partial charge in [-0.15, -0.1) is 22.2 Å². The number of nitrogens with zero attached hydrogens (tertiary/aromatic N) is 1. The Bertz CT molecular complexity index is 130. The minimum atomic E-state index is -1.80. The molecule has 0 aliphatic rings. The summed E-state index contributed by atoms with van der Waals surface area (Å²) in [4.78, 5) is 0. The number of rotatable bonds is 4. The maximum atomic E-state index is 5.64. The predicted octanol–water partition coefficient (Wildman–Crippen LogP) is 1.69. The van der Waals surface area contributed by atoms with Gasteiger partial charge in [0, 0.05) is 0 Å². The SMILES string of the molecule is C=CN(C=CBCl)[SiH](Cl)Cl. The average Bonchev–Trinajstić information content (AvgIpc) is 1.89. The Kier molecular flexibility index (Phi) is 6.43. The highest BCUT2D eigenvalue weighted by molar-refractivity contribution is 7.32. The summed E-state index contributed by atoms with van der Waals surface area (Å²) in [6.07, 6.45) is 3.32. The van der Waals surface area contributed by atoms with Crippen LogP contribution in [0.3, 0.4) is 0 Å². The molecule has 0 aliphatic heterocycles. The first-order chi connectivity index (χ1) is 4.72. The highest BCUT2D eigenvalue weighted by Crippen LogP contribution is 2.04. The lowest BCUT2D eigenvalue weighted by Gasteiger charge is -2.13. The predicted molar refractivity (Wildman–Crippen MR) is 53.0 cm³/mol. The maximum absolute atomic E-state index is 5.64. The van der Waals surface area contributed by atoms with Crippen LogP contribution in [0.25, 0.3) is 0 Å². The van der Waals surface area contributed by atoms with Gasteiger partial charge in [-0.05, 0) is 12.4 Å². The minimum Gasteiger partial charge on any atom is -0.360 e. The third-order valence-corrected chi connectivity index (χ3v) is 3.17. The molecule has 0 saturated heterocycles. The first-order valence-electron chi connectivity index (χ1n) is 2.63. The number of hydrogen-bond donors (Lipinski definition) is 0. The van der Waals surface area contributed by atoms with Crippen molar-refractivity contribution in [3.05, 3.63) is 25.0 Å². The Labute approximate surface area is 77.5 Å². The van der Waals surface area contributed by atoms with Gasteiger partial charge in [0.25, 0.3) is 6.69 Å². The molecule has 0 aromatic heterocycles. The molecule has 0 aromatic rings. The molecule has 56 valence electrons. The van der Waals surface area contributed by atoms with Crippen molar-refractivity contribution in [1.29, 1.82) is 0 Å². The average molecular weight is 214 g/mol. The molecule has 0 aromatic carbocycles. The van der Waals surface area contributed by atoms with Gasteiger partial charge in [0.2, 0.25) is 0 Å². The first-order valence-corrected chi connectivity index (χ1v) is 7.17. The monoisotopic (exact) mass is 213 g/mol. The Morgan fingerprint density at radius 2 is 2.10 bits per heavy atom. The number of hydrogen-bond acceptors (Lipinski definition) is 1. The van der Waals surface area contributed by atoms with E-state index in [0.717, 1.165) is 0 Å². The van der Waals surface area contributed by atoms with Crippen LogP contribution in [0.5, 0.6) is 0 Å². The van der Waals surface area contributed by atoms with Crippen molar-refractivity contribution in [2.45, 2.75) is 0 Å². The Balaban J connectivity index is 3.82. The van der Waals surface area contributed by atoms with Crippen LogP contribution >= 0.6 is 33.6 Å². The molecule has 0 spiro atoms. The van der Waals surface area contributed by atoms with Crippen LogP contribution in [0.4, 0.5) is 0 Å². The Morgan fingerprint density at radius 1 is 1.50 bits per heavy atom. The smallest absolute Gasteiger partial charge is 0.340 e. The molecule has 0 aliphatic carbocycles. The topological polar surface area (TPSA) is 3.24 Å². The van der Waals surface area contributed by atoms with Crippen molar-refractivity contribution in [3.63, 3.8) is 0 Å². The van der Waals surface area contributed by atoms with Gasteiger partial charge >= 0.3 is 7.58 Å². The zero-order valence-corrected chi connectivity index (χ0v) is 8.73. The van der Waals surface area contributed by atoms with Crippen molar-refractivity contribution >= 4 is 47.9 Å². The van der Waals surface area contributed by atoms with E-state index in [2.05, 4.69) is 6.58 Å². The molecule has 0 radical (unpaired) electrons. The molecule has 0 heterocycles. The van der Waals surface area contributed by atoms with E-state index < -0.39 is 7.58 Å². The van der Waals surface area contributed by atoms with E-state index in [0.29, 0.717) is 6.69 Å². The van der Waals surface area contributed by atoms with Crippen molar-refractivity contribution in [2.24, 2.45) is 0 Å². The normalized spacial score (nSPS) is 10.4. The van der Waals surface area contributed by atoms with Gasteiger partial charge in [-0.2, -0.15) is 11.5 Å². The second kappa shape index (κ2) is 6.16. The second-order valence-corrected chi connectivity index (χ2v) is 6.06. The molecule has 0 N–H and O–H groups in total. The third-order valence-electron chi connectivity index (χ3n) is 0.803. The van der Waals surface area contributed by atoms with Crippen LogP contribution in [0, 0.1) is 0 Å². The summed E-state index contributed by atoms with van der Waals surface area (Å²) in [5.74, 6) is 1.76. The van der Waals surface area contributed by atoms with Gasteiger partial charge in [0.1, 0.15) is 0 Å². The summed E-state index contributed by atoms with van der Waals surface area (Å²) < 4.78 is 1.67. The molecule has 10 heavy (non-hydrogen) atoms. The van der Waals surface area contributed by atoms with Crippen LogP contribution in [0.1, 0.15) is 0 Å². The zero-order chi connectivity index (χ0) is 7.98. The van der Waals surface area contributed by atoms with E-state index in [1.165, 1.54) is 0 Å². The summed E-state index contributed by atoms with van der Waals surface area (Å²) in [6, 6.07) is 0. The first kappa shape index (κ1) is 10.4. The summed E-state index contributed by atoms with van der Waals surface area (Å²) in [7, 11) is -1.80. The van der Waals surface area contributed by atoms with Crippen LogP contribution in [-0.2, 0) is 0 Å². The molecule has 1 nitrogen and oxygen atoms in total. The minimum absolute atomic E-state index is 0.458. The fraction of sp³-hybridized carbons (Fsp3) is 0. The van der Waals surface area contributed by atoms with E-state index in [1.54, 1.807) is 22.9 Å². The quantitative estimate of drug-likeness (QED) is 0.508. The Hall–Kier alpha value is 0.432. The van der Waals surface area contributed by atoms with Gasteiger partial charge in [-0.25, -0.2) is 0 Å². The van der Waals surface area contributed by atoms with Gasteiger partial charge in [-0.1, -0.05) is 12.6 Å². The Morgan fingerprint density at radius 3 is 2.40 bits per heavy atom. The molecule has 0 rings (SSSR count). The molecule has 0 atom stereocenters. The molecule has 0 saturated carbocycles. The van der Waals surface area contributed by atoms with E-state index in [-0.39, 0.29) is 0 Å². The lowest BCUT2D eigenvalue weighted by atomic mass is 10.1. The van der Waals surface area contributed by atoms with Crippen molar-refractivity contribution in [2.75, 3.05) is 0 Å². The number of halogens is 3. The van der Waals surface area contributed by atoms with Gasteiger partial charge in [0.15, 0.2) is 0 Å².